The van der Waals surface area contributed by atoms with Gasteiger partial charge in [-0.3, -0.25) is 4.79 Å². The van der Waals surface area contributed by atoms with Crippen molar-refractivity contribution >= 4 is 5.78 Å². The third kappa shape index (κ3) is 2.00. The molecule has 2 nitrogen and oxygen atoms in total. The number of carbonyl (C=O) groups is 1. The van der Waals surface area contributed by atoms with Gasteiger partial charge in [-0.15, -0.1) is 0 Å². The molecule has 1 saturated carbocycles. The van der Waals surface area contributed by atoms with Crippen molar-refractivity contribution in [2.45, 2.75) is 38.1 Å². The van der Waals surface area contributed by atoms with E-state index in [-0.39, 0.29) is 11.6 Å². The van der Waals surface area contributed by atoms with Crippen LogP contribution in [0.5, 0.6) is 0 Å². The SMILES string of the molecule is Cc1cc(F)cc(C(=O)C2(N)CCCC2)c1. The Morgan fingerprint density at radius 3 is 2.50 bits per heavy atom. The van der Waals surface area contributed by atoms with Crippen molar-refractivity contribution < 1.29 is 9.18 Å². The molecule has 0 aliphatic heterocycles. The van der Waals surface area contributed by atoms with E-state index in [0.717, 1.165) is 18.4 Å². The summed E-state index contributed by atoms with van der Waals surface area (Å²) in [6, 6.07) is 4.40. The lowest BCUT2D eigenvalue weighted by Gasteiger charge is -2.21. The molecular weight excluding hydrogens is 205 g/mol. The first kappa shape index (κ1) is 11.3. The van der Waals surface area contributed by atoms with Gasteiger partial charge in [0.15, 0.2) is 5.78 Å². The highest BCUT2D eigenvalue weighted by molar-refractivity contribution is 6.03. The normalized spacial score (nSPS) is 18.7. The Morgan fingerprint density at radius 1 is 1.31 bits per heavy atom. The monoisotopic (exact) mass is 221 g/mol. The van der Waals surface area contributed by atoms with Crippen molar-refractivity contribution in [2.75, 3.05) is 0 Å². The minimum atomic E-state index is -0.764. The van der Waals surface area contributed by atoms with E-state index in [1.807, 2.05) is 0 Å². The van der Waals surface area contributed by atoms with Gasteiger partial charge >= 0.3 is 0 Å². The fourth-order valence-corrected chi connectivity index (χ4v) is 2.39. The minimum Gasteiger partial charge on any atom is -0.319 e. The number of aryl methyl sites for hydroxylation is 1. The molecule has 0 amide bonds. The Bertz CT molecular complexity index is 402. The summed E-state index contributed by atoms with van der Waals surface area (Å²) < 4.78 is 13.2. The van der Waals surface area contributed by atoms with Gasteiger partial charge in [-0.05, 0) is 43.5 Å². The average molecular weight is 221 g/mol. The van der Waals surface area contributed by atoms with Crippen LogP contribution >= 0.6 is 0 Å². The summed E-state index contributed by atoms with van der Waals surface area (Å²) in [6.07, 6.45) is 3.38. The summed E-state index contributed by atoms with van der Waals surface area (Å²) in [5.41, 5.74) is 6.46. The van der Waals surface area contributed by atoms with Crippen molar-refractivity contribution in [2.24, 2.45) is 5.73 Å². The molecule has 0 spiro atoms. The molecule has 86 valence electrons. The number of carbonyl (C=O) groups excluding carboxylic acids is 1. The van der Waals surface area contributed by atoms with Gasteiger partial charge in [-0.25, -0.2) is 4.39 Å². The van der Waals surface area contributed by atoms with E-state index in [1.54, 1.807) is 13.0 Å². The van der Waals surface area contributed by atoms with Crippen molar-refractivity contribution in [1.82, 2.24) is 0 Å². The van der Waals surface area contributed by atoms with Crippen LogP contribution in [0.3, 0.4) is 0 Å². The van der Waals surface area contributed by atoms with Crippen molar-refractivity contribution in [1.29, 1.82) is 0 Å². The molecule has 1 aromatic carbocycles. The maximum absolute atomic E-state index is 13.2. The average Bonchev–Trinajstić information content (AvgIpc) is 2.64. The van der Waals surface area contributed by atoms with Crippen LogP contribution in [0.2, 0.25) is 0 Å². The number of Topliss-reactive ketones (excluding diaryl/α,β-unsaturated/α-hetero) is 1. The standard InChI is InChI=1S/C13H16FNO/c1-9-6-10(8-11(14)7-9)12(16)13(15)4-2-3-5-13/h6-8H,2-5,15H2,1H3. The molecule has 0 saturated heterocycles. The van der Waals surface area contributed by atoms with E-state index in [9.17, 15) is 9.18 Å². The van der Waals surface area contributed by atoms with Crippen LogP contribution in [0, 0.1) is 12.7 Å². The molecule has 0 heterocycles. The zero-order valence-electron chi connectivity index (χ0n) is 9.42. The lowest BCUT2D eigenvalue weighted by molar-refractivity contribution is 0.0891. The number of hydrogen-bond acceptors (Lipinski definition) is 2. The van der Waals surface area contributed by atoms with Gasteiger partial charge in [-0.1, -0.05) is 12.8 Å². The summed E-state index contributed by atoms with van der Waals surface area (Å²) in [7, 11) is 0. The first-order chi connectivity index (χ1) is 7.51. The fraction of sp³-hybridized carbons (Fsp3) is 0.462. The Labute approximate surface area is 94.6 Å². The van der Waals surface area contributed by atoms with Crippen LogP contribution in [0.1, 0.15) is 41.6 Å². The third-order valence-electron chi connectivity index (χ3n) is 3.25. The number of ketones is 1. The van der Waals surface area contributed by atoms with Crippen LogP contribution in [-0.4, -0.2) is 11.3 Å². The van der Waals surface area contributed by atoms with Gasteiger partial charge in [-0.2, -0.15) is 0 Å². The topological polar surface area (TPSA) is 43.1 Å². The second-order valence-electron chi connectivity index (χ2n) is 4.71. The van der Waals surface area contributed by atoms with E-state index in [1.165, 1.54) is 12.1 Å². The predicted molar refractivity (Wildman–Crippen MR) is 60.9 cm³/mol. The van der Waals surface area contributed by atoms with Gasteiger partial charge in [0.05, 0.1) is 5.54 Å². The first-order valence-corrected chi connectivity index (χ1v) is 5.62. The molecular formula is C13H16FNO. The van der Waals surface area contributed by atoms with Crippen molar-refractivity contribution in [3.63, 3.8) is 0 Å². The Balaban J connectivity index is 2.33. The number of halogens is 1. The zero-order chi connectivity index (χ0) is 11.8. The summed E-state index contributed by atoms with van der Waals surface area (Å²) in [4.78, 5) is 12.2. The summed E-state index contributed by atoms with van der Waals surface area (Å²) in [6.45, 7) is 1.78. The molecule has 0 aromatic heterocycles. The van der Waals surface area contributed by atoms with Gasteiger partial charge in [0, 0.05) is 5.56 Å². The molecule has 16 heavy (non-hydrogen) atoms. The summed E-state index contributed by atoms with van der Waals surface area (Å²) in [5, 5.41) is 0. The van der Waals surface area contributed by atoms with Gasteiger partial charge in [0.2, 0.25) is 0 Å². The summed E-state index contributed by atoms with van der Waals surface area (Å²) in [5.74, 6) is -0.488. The highest BCUT2D eigenvalue weighted by atomic mass is 19.1. The molecule has 0 radical (unpaired) electrons. The molecule has 1 aromatic rings. The molecule has 1 aliphatic carbocycles. The third-order valence-corrected chi connectivity index (χ3v) is 3.25. The molecule has 0 bridgehead atoms. The second kappa shape index (κ2) is 3.98. The Morgan fingerprint density at radius 2 is 1.94 bits per heavy atom. The van der Waals surface area contributed by atoms with E-state index in [2.05, 4.69) is 0 Å². The van der Waals surface area contributed by atoms with Crippen molar-refractivity contribution in [3.05, 3.63) is 35.1 Å². The van der Waals surface area contributed by atoms with Crippen LogP contribution in [-0.2, 0) is 0 Å². The quantitative estimate of drug-likeness (QED) is 0.780. The summed E-state index contributed by atoms with van der Waals surface area (Å²) >= 11 is 0. The largest absolute Gasteiger partial charge is 0.319 e. The smallest absolute Gasteiger partial charge is 0.182 e. The number of benzene rings is 1. The number of nitrogens with two attached hydrogens (primary N) is 1. The lowest BCUT2D eigenvalue weighted by atomic mass is 9.88. The van der Waals surface area contributed by atoms with Gasteiger partial charge in [0.25, 0.3) is 0 Å². The first-order valence-electron chi connectivity index (χ1n) is 5.62. The molecule has 1 fully saturated rings. The van der Waals surface area contributed by atoms with Crippen molar-refractivity contribution in [3.8, 4) is 0 Å². The van der Waals surface area contributed by atoms with Gasteiger partial charge in [0.1, 0.15) is 5.82 Å². The van der Waals surface area contributed by atoms with E-state index in [0.29, 0.717) is 18.4 Å². The minimum absolute atomic E-state index is 0.118. The lowest BCUT2D eigenvalue weighted by Crippen LogP contribution is -2.45. The van der Waals surface area contributed by atoms with Crippen LogP contribution in [0.25, 0.3) is 0 Å². The van der Waals surface area contributed by atoms with Gasteiger partial charge < -0.3 is 5.73 Å². The molecule has 1 aliphatic rings. The maximum atomic E-state index is 13.2. The Hall–Kier alpha value is -1.22. The van der Waals surface area contributed by atoms with Crippen LogP contribution in [0.15, 0.2) is 18.2 Å². The van der Waals surface area contributed by atoms with E-state index >= 15 is 0 Å². The predicted octanol–water partition coefficient (Wildman–Crippen LogP) is 2.59. The molecule has 2 N–H and O–H groups in total. The number of rotatable bonds is 2. The van der Waals surface area contributed by atoms with E-state index < -0.39 is 5.54 Å². The molecule has 0 atom stereocenters. The van der Waals surface area contributed by atoms with E-state index in [4.69, 9.17) is 5.73 Å². The Kier molecular flexibility index (Phi) is 2.80. The highest BCUT2D eigenvalue weighted by Crippen LogP contribution is 2.30. The molecule has 0 unspecified atom stereocenters. The maximum Gasteiger partial charge on any atom is 0.182 e. The van der Waals surface area contributed by atoms with Crippen LogP contribution < -0.4 is 5.73 Å². The molecule has 3 heteroatoms. The number of hydrogen-bond donors (Lipinski definition) is 1. The molecule has 2 rings (SSSR count). The second-order valence-corrected chi connectivity index (χ2v) is 4.71. The van der Waals surface area contributed by atoms with Crippen LogP contribution in [0.4, 0.5) is 4.39 Å². The highest BCUT2D eigenvalue weighted by Gasteiger charge is 2.37. The fourth-order valence-electron chi connectivity index (χ4n) is 2.39. The zero-order valence-corrected chi connectivity index (χ0v) is 9.42.